The Morgan fingerprint density at radius 2 is 1.72 bits per heavy atom. The molecule has 1 saturated heterocycles. The van der Waals surface area contributed by atoms with E-state index in [2.05, 4.69) is 15.9 Å². The largest absolute Gasteiger partial charge is 0.493 e. The summed E-state index contributed by atoms with van der Waals surface area (Å²) in [5, 5.41) is 1.72. The minimum absolute atomic E-state index is 0.251. The Hall–Kier alpha value is -2.57. The van der Waals surface area contributed by atoms with Crippen LogP contribution in [0.1, 0.15) is 18.1 Å². The quantitative estimate of drug-likeness (QED) is 0.416. The summed E-state index contributed by atoms with van der Waals surface area (Å²) in [6, 6.07) is 19.3. The molecule has 0 N–H and O–H groups in total. The van der Waals surface area contributed by atoms with Crippen molar-refractivity contribution in [2.24, 2.45) is 0 Å². The predicted octanol–water partition coefficient (Wildman–Crippen LogP) is 6.24. The number of hydrogen-bond acceptors (Lipinski definition) is 4. The van der Waals surface area contributed by atoms with Gasteiger partial charge in [-0.3, -0.25) is 14.5 Å². The Labute approximate surface area is 181 Å². The van der Waals surface area contributed by atoms with E-state index in [0.717, 1.165) is 43.9 Å². The standard InChI is InChI=1S/C23H18BrNO3S/c1-2-28-20-12-9-16(18-5-3-4-6-19(18)20)13-21-22(26)25(23(27)29-21)14-15-7-10-17(24)11-8-15/h3-13H,2,14H2,1H3/b21-13-. The molecule has 1 aliphatic heterocycles. The summed E-state index contributed by atoms with van der Waals surface area (Å²) in [5.41, 5.74) is 1.79. The van der Waals surface area contributed by atoms with Gasteiger partial charge in [-0.1, -0.05) is 58.4 Å². The number of fused-ring (bicyclic) bond motifs is 1. The molecule has 4 nitrogen and oxygen atoms in total. The second-order valence-electron chi connectivity index (χ2n) is 6.53. The van der Waals surface area contributed by atoms with E-state index in [4.69, 9.17) is 4.74 Å². The first-order valence-electron chi connectivity index (χ1n) is 9.21. The van der Waals surface area contributed by atoms with E-state index in [1.165, 1.54) is 4.90 Å². The van der Waals surface area contributed by atoms with Crippen LogP contribution < -0.4 is 4.74 Å². The summed E-state index contributed by atoms with van der Waals surface area (Å²) < 4.78 is 6.67. The van der Waals surface area contributed by atoms with Gasteiger partial charge in [-0.15, -0.1) is 0 Å². The van der Waals surface area contributed by atoms with E-state index in [0.29, 0.717) is 11.5 Å². The van der Waals surface area contributed by atoms with Gasteiger partial charge in [-0.25, -0.2) is 0 Å². The Kier molecular flexibility index (Phi) is 5.74. The van der Waals surface area contributed by atoms with Crippen molar-refractivity contribution < 1.29 is 14.3 Å². The molecule has 1 aliphatic rings. The molecule has 0 radical (unpaired) electrons. The van der Waals surface area contributed by atoms with Gasteiger partial charge in [0.2, 0.25) is 0 Å². The van der Waals surface area contributed by atoms with Crippen molar-refractivity contribution >= 4 is 55.7 Å². The van der Waals surface area contributed by atoms with Gasteiger partial charge in [0, 0.05) is 9.86 Å². The average molecular weight is 468 g/mol. The van der Waals surface area contributed by atoms with E-state index in [-0.39, 0.29) is 17.7 Å². The zero-order chi connectivity index (χ0) is 20.4. The van der Waals surface area contributed by atoms with Gasteiger partial charge in [0.1, 0.15) is 5.75 Å². The zero-order valence-corrected chi connectivity index (χ0v) is 18.1. The minimum atomic E-state index is -0.263. The van der Waals surface area contributed by atoms with Gasteiger partial charge >= 0.3 is 0 Å². The van der Waals surface area contributed by atoms with Crippen LogP contribution in [0.5, 0.6) is 5.75 Å². The fraction of sp³-hybridized carbons (Fsp3) is 0.130. The number of halogens is 1. The maximum atomic E-state index is 12.9. The second-order valence-corrected chi connectivity index (χ2v) is 8.43. The number of thioether (sulfide) groups is 1. The first-order valence-corrected chi connectivity index (χ1v) is 10.8. The molecule has 0 bridgehead atoms. The van der Waals surface area contributed by atoms with Crippen molar-refractivity contribution in [3.05, 3.63) is 81.2 Å². The Morgan fingerprint density at radius 3 is 2.45 bits per heavy atom. The number of rotatable bonds is 5. The predicted molar refractivity (Wildman–Crippen MR) is 121 cm³/mol. The highest BCUT2D eigenvalue weighted by Gasteiger charge is 2.35. The van der Waals surface area contributed by atoms with Crippen LogP contribution in [-0.2, 0) is 11.3 Å². The summed E-state index contributed by atoms with van der Waals surface area (Å²) in [5.74, 6) is 0.546. The van der Waals surface area contributed by atoms with Gasteiger partial charge in [-0.2, -0.15) is 0 Å². The van der Waals surface area contributed by atoms with E-state index < -0.39 is 0 Å². The van der Waals surface area contributed by atoms with Crippen LogP contribution in [0.2, 0.25) is 0 Å². The number of carbonyl (C=O) groups is 2. The summed E-state index contributed by atoms with van der Waals surface area (Å²) in [7, 11) is 0. The van der Waals surface area contributed by atoms with E-state index in [9.17, 15) is 9.59 Å². The molecule has 1 fully saturated rings. The summed E-state index contributed by atoms with van der Waals surface area (Å²) in [6.45, 7) is 2.79. The molecule has 0 atom stereocenters. The van der Waals surface area contributed by atoms with Crippen LogP contribution in [0.3, 0.4) is 0 Å². The molecular weight excluding hydrogens is 450 g/mol. The van der Waals surface area contributed by atoms with Crippen LogP contribution in [-0.4, -0.2) is 22.7 Å². The summed E-state index contributed by atoms with van der Waals surface area (Å²) in [4.78, 5) is 27.1. The van der Waals surface area contributed by atoms with Crippen LogP contribution in [0, 0.1) is 0 Å². The van der Waals surface area contributed by atoms with Crippen molar-refractivity contribution in [2.75, 3.05) is 6.61 Å². The van der Waals surface area contributed by atoms with Crippen LogP contribution in [0.4, 0.5) is 4.79 Å². The molecule has 6 heteroatoms. The number of amides is 2. The van der Waals surface area contributed by atoms with E-state index in [1.807, 2.05) is 67.6 Å². The molecule has 4 rings (SSSR count). The van der Waals surface area contributed by atoms with Crippen molar-refractivity contribution in [2.45, 2.75) is 13.5 Å². The van der Waals surface area contributed by atoms with Crippen molar-refractivity contribution in [3.63, 3.8) is 0 Å². The highest BCUT2D eigenvalue weighted by Crippen LogP contribution is 2.36. The molecule has 146 valence electrons. The Morgan fingerprint density at radius 1 is 1.00 bits per heavy atom. The lowest BCUT2D eigenvalue weighted by molar-refractivity contribution is -0.123. The molecule has 0 unspecified atom stereocenters. The third kappa shape index (κ3) is 4.09. The van der Waals surface area contributed by atoms with E-state index >= 15 is 0 Å². The Balaban J connectivity index is 1.65. The smallest absolute Gasteiger partial charge is 0.293 e. The normalized spacial score (nSPS) is 15.5. The monoisotopic (exact) mass is 467 g/mol. The van der Waals surface area contributed by atoms with Crippen LogP contribution >= 0.6 is 27.7 Å². The number of nitrogens with zero attached hydrogens (tertiary/aromatic N) is 1. The average Bonchev–Trinajstić information content (AvgIpc) is 2.99. The van der Waals surface area contributed by atoms with Gasteiger partial charge in [0.15, 0.2) is 0 Å². The molecule has 29 heavy (non-hydrogen) atoms. The zero-order valence-electron chi connectivity index (χ0n) is 15.7. The molecule has 3 aromatic carbocycles. The van der Waals surface area contributed by atoms with Crippen molar-refractivity contribution in [1.82, 2.24) is 4.90 Å². The topological polar surface area (TPSA) is 46.6 Å². The molecule has 0 aromatic heterocycles. The van der Waals surface area contributed by atoms with E-state index in [1.54, 1.807) is 6.08 Å². The number of hydrogen-bond donors (Lipinski definition) is 0. The lowest BCUT2D eigenvalue weighted by atomic mass is 10.0. The third-order valence-corrected chi connectivity index (χ3v) is 6.07. The van der Waals surface area contributed by atoms with Gasteiger partial charge in [0.05, 0.1) is 18.1 Å². The number of ether oxygens (including phenoxy) is 1. The van der Waals surface area contributed by atoms with Crippen molar-refractivity contribution in [3.8, 4) is 5.75 Å². The fourth-order valence-corrected chi connectivity index (χ4v) is 4.35. The first kappa shape index (κ1) is 19.7. The fourth-order valence-electron chi connectivity index (χ4n) is 3.25. The highest BCUT2D eigenvalue weighted by atomic mass is 79.9. The lowest BCUT2D eigenvalue weighted by Gasteiger charge is -2.12. The molecule has 0 spiro atoms. The van der Waals surface area contributed by atoms with Crippen LogP contribution in [0.25, 0.3) is 16.8 Å². The van der Waals surface area contributed by atoms with Crippen molar-refractivity contribution in [1.29, 1.82) is 0 Å². The van der Waals surface area contributed by atoms with Crippen LogP contribution in [0.15, 0.2) is 70.0 Å². The van der Waals surface area contributed by atoms with Gasteiger partial charge in [-0.05, 0) is 59.5 Å². The van der Waals surface area contributed by atoms with Gasteiger partial charge < -0.3 is 4.74 Å². The lowest BCUT2D eigenvalue weighted by Crippen LogP contribution is -2.27. The number of imide groups is 1. The SMILES string of the molecule is CCOc1ccc(/C=C2\SC(=O)N(Cc3ccc(Br)cc3)C2=O)c2ccccc12. The van der Waals surface area contributed by atoms with Gasteiger partial charge in [0.25, 0.3) is 11.1 Å². The molecule has 0 aliphatic carbocycles. The first-order chi connectivity index (χ1) is 14.1. The molecule has 3 aromatic rings. The number of benzene rings is 3. The third-order valence-electron chi connectivity index (χ3n) is 4.63. The second kappa shape index (κ2) is 8.43. The molecule has 1 heterocycles. The highest BCUT2D eigenvalue weighted by molar-refractivity contribution is 9.10. The molecule has 0 saturated carbocycles. The minimum Gasteiger partial charge on any atom is -0.493 e. The summed E-state index contributed by atoms with van der Waals surface area (Å²) >= 11 is 4.37. The molecule has 2 amide bonds. The maximum absolute atomic E-state index is 12.9. The summed E-state index contributed by atoms with van der Waals surface area (Å²) in [6.07, 6.45) is 1.80. The maximum Gasteiger partial charge on any atom is 0.293 e. The Bertz CT molecular complexity index is 1120. The molecular formula is C23H18BrNO3S. The number of carbonyl (C=O) groups excluding carboxylic acids is 2.